The number of pyridine rings is 1. The molecule has 2 nitrogen and oxygen atoms in total. The molecule has 0 aliphatic carbocycles. The third-order valence-corrected chi connectivity index (χ3v) is 3.10. The normalized spacial score (nSPS) is 12.9. The molecule has 6 heteroatoms. The zero-order chi connectivity index (χ0) is 12.7. The first-order chi connectivity index (χ1) is 7.05. The predicted octanol–water partition coefficient (Wildman–Crippen LogP) is 3.23. The Morgan fingerprint density at radius 2 is 1.75 bits per heavy atom. The monoisotopic (exact) mass is 345 g/mol. The molecule has 0 aliphatic heterocycles. The lowest BCUT2D eigenvalue weighted by Gasteiger charge is -2.23. The van der Waals surface area contributed by atoms with Crippen LogP contribution < -0.4 is 5.56 Å². The molecular formula is C10H11F3INO. The van der Waals surface area contributed by atoms with Crippen LogP contribution in [-0.2, 0) is 11.7 Å². The molecule has 0 radical (unpaired) electrons. The minimum absolute atomic E-state index is 0.289. The largest absolute Gasteiger partial charge is 0.417 e. The number of alkyl halides is 3. The van der Waals surface area contributed by atoms with E-state index in [0.717, 1.165) is 6.07 Å². The molecule has 1 aromatic heterocycles. The lowest BCUT2D eigenvalue weighted by Crippen LogP contribution is -2.36. The van der Waals surface area contributed by atoms with Gasteiger partial charge in [0.2, 0.25) is 0 Å². The summed E-state index contributed by atoms with van der Waals surface area (Å²) in [6.07, 6.45) is -3.29. The molecule has 1 heterocycles. The number of halogens is 4. The molecule has 0 amide bonds. The first kappa shape index (κ1) is 13.5. The Kier molecular flexibility index (Phi) is 3.42. The second kappa shape index (κ2) is 4.05. The van der Waals surface area contributed by atoms with Gasteiger partial charge in [-0.15, -0.1) is 0 Å². The van der Waals surface area contributed by atoms with E-state index in [0.29, 0.717) is 0 Å². The van der Waals surface area contributed by atoms with Gasteiger partial charge in [-0.1, -0.05) is 0 Å². The maximum Gasteiger partial charge on any atom is 0.417 e. The van der Waals surface area contributed by atoms with Crippen molar-refractivity contribution in [1.29, 1.82) is 0 Å². The summed E-state index contributed by atoms with van der Waals surface area (Å²) in [7, 11) is 0. The molecule has 90 valence electrons. The first-order valence-corrected chi connectivity index (χ1v) is 5.62. The summed E-state index contributed by atoms with van der Waals surface area (Å²) in [6.45, 7) is 5.28. The van der Waals surface area contributed by atoms with Gasteiger partial charge in [0.25, 0.3) is 5.56 Å². The SMILES string of the molecule is CC(C)(C)n1ccc(C(F)(F)F)c(I)c1=O. The van der Waals surface area contributed by atoms with Crippen molar-refractivity contribution in [2.24, 2.45) is 0 Å². The molecule has 0 N–H and O–H groups in total. The molecule has 16 heavy (non-hydrogen) atoms. The van der Waals surface area contributed by atoms with Crippen LogP contribution in [0.3, 0.4) is 0 Å². The minimum atomic E-state index is -4.48. The summed E-state index contributed by atoms with van der Waals surface area (Å²) < 4.78 is 38.5. The van der Waals surface area contributed by atoms with Crippen molar-refractivity contribution < 1.29 is 13.2 Å². The van der Waals surface area contributed by atoms with Gasteiger partial charge in [0.15, 0.2) is 0 Å². The van der Waals surface area contributed by atoms with Crippen LogP contribution in [0.15, 0.2) is 17.1 Å². The number of nitrogens with zero attached hydrogens (tertiary/aromatic N) is 1. The van der Waals surface area contributed by atoms with Gasteiger partial charge in [-0.25, -0.2) is 0 Å². The number of rotatable bonds is 0. The number of hydrogen-bond donors (Lipinski definition) is 0. The standard InChI is InChI=1S/C10H11F3INO/c1-9(2,3)15-5-4-6(10(11,12)13)7(14)8(15)16/h4-5H,1-3H3. The van der Waals surface area contributed by atoms with E-state index in [1.165, 1.54) is 33.4 Å². The average Bonchev–Trinajstić information content (AvgIpc) is 2.05. The lowest BCUT2D eigenvalue weighted by atomic mass is 10.1. The highest BCUT2D eigenvalue weighted by molar-refractivity contribution is 14.1. The maximum atomic E-state index is 12.5. The Bertz CT molecular complexity index is 457. The van der Waals surface area contributed by atoms with Crippen LogP contribution in [0.4, 0.5) is 13.2 Å². The Labute approximate surface area is 105 Å². The molecule has 0 bridgehead atoms. The second-order valence-electron chi connectivity index (χ2n) is 4.39. The molecule has 0 aliphatic rings. The van der Waals surface area contributed by atoms with E-state index >= 15 is 0 Å². The summed E-state index contributed by atoms with van der Waals surface area (Å²) in [5.74, 6) is 0. The molecular weight excluding hydrogens is 334 g/mol. The molecule has 0 aromatic carbocycles. The van der Waals surface area contributed by atoms with Crippen molar-refractivity contribution in [2.45, 2.75) is 32.5 Å². The van der Waals surface area contributed by atoms with Crippen LogP contribution in [0.2, 0.25) is 0 Å². The van der Waals surface area contributed by atoms with E-state index in [-0.39, 0.29) is 3.57 Å². The first-order valence-electron chi connectivity index (χ1n) is 4.54. The smallest absolute Gasteiger partial charge is 0.309 e. The summed E-state index contributed by atoms with van der Waals surface area (Å²) in [5.41, 5.74) is -2.01. The highest BCUT2D eigenvalue weighted by atomic mass is 127. The van der Waals surface area contributed by atoms with Crippen molar-refractivity contribution in [2.75, 3.05) is 0 Å². The van der Waals surface area contributed by atoms with Gasteiger partial charge in [-0.05, 0) is 49.4 Å². The van der Waals surface area contributed by atoms with Gasteiger partial charge in [0, 0.05) is 11.7 Å². The van der Waals surface area contributed by atoms with E-state index in [4.69, 9.17) is 0 Å². The topological polar surface area (TPSA) is 22.0 Å². The number of aromatic nitrogens is 1. The fraction of sp³-hybridized carbons (Fsp3) is 0.500. The Balaban J connectivity index is 3.48. The van der Waals surface area contributed by atoms with Crippen LogP contribution in [0, 0.1) is 3.57 Å². The highest BCUT2D eigenvalue weighted by Crippen LogP contribution is 2.31. The van der Waals surface area contributed by atoms with Gasteiger partial charge in [0.1, 0.15) is 0 Å². The van der Waals surface area contributed by atoms with Crippen molar-refractivity contribution in [3.8, 4) is 0 Å². The lowest BCUT2D eigenvalue weighted by molar-refractivity contribution is -0.138. The summed E-state index contributed by atoms with van der Waals surface area (Å²) in [5, 5.41) is 0. The van der Waals surface area contributed by atoms with Crippen molar-refractivity contribution >= 4 is 22.6 Å². The Hall–Kier alpha value is -0.530. The molecule has 1 rings (SSSR count). The van der Waals surface area contributed by atoms with Gasteiger partial charge >= 0.3 is 6.18 Å². The third-order valence-electron chi connectivity index (χ3n) is 2.06. The van der Waals surface area contributed by atoms with Gasteiger partial charge < -0.3 is 4.57 Å². The second-order valence-corrected chi connectivity index (χ2v) is 5.47. The van der Waals surface area contributed by atoms with Crippen LogP contribution in [-0.4, -0.2) is 4.57 Å². The van der Waals surface area contributed by atoms with Crippen LogP contribution in [0.1, 0.15) is 26.3 Å². The van der Waals surface area contributed by atoms with E-state index in [2.05, 4.69) is 0 Å². The van der Waals surface area contributed by atoms with E-state index in [9.17, 15) is 18.0 Å². The fourth-order valence-electron chi connectivity index (χ4n) is 1.26. The van der Waals surface area contributed by atoms with Crippen molar-refractivity contribution in [3.63, 3.8) is 0 Å². The van der Waals surface area contributed by atoms with Gasteiger partial charge in [-0.2, -0.15) is 13.2 Å². The molecule has 0 atom stereocenters. The molecule has 1 aromatic rings. The molecule has 0 unspecified atom stereocenters. The third kappa shape index (κ3) is 2.58. The molecule has 0 saturated carbocycles. The minimum Gasteiger partial charge on any atom is -0.309 e. The molecule has 0 saturated heterocycles. The molecule has 0 fully saturated rings. The quantitative estimate of drug-likeness (QED) is 0.662. The Morgan fingerprint density at radius 3 is 2.12 bits per heavy atom. The van der Waals surface area contributed by atoms with Gasteiger partial charge in [-0.3, -0.25) is 4.79 Å². The highest BCUT2D eigenvalue weighted by Gasteiger charge is 2.34. The fourth-order valence-corrected chi connectivity index (χ4v) is 2.00. The van der Waals surface area contributed by atoms with Crippen LogP contribution >= 0.6 is 22.6 Å². The maximum absolute atomic E-state index is 12.5. The van der Waals surface area contributed by atoms with E-state index in [1.54, 1.807) is 20.8 Å². The van der Waals surface area contributed by atoms with E-state index < -0.39 is 22.8 Å². The summed E-state index contributed by atoms with van der Waals surface area (Å²) >= 11 is 1.44. The summed E-state index contributed by atoms with van der Waals surface area (Å²) in [4.78, 5) is 11.7. The zero-order valence-corrected chi connectivity index (χ0v) is 11.2. The number of hydrogen-bond acceptors (Lipinski definition) is 1. The summed E-state index contributed by atoms with van der Waals surface area (Å²) in [6, 6.07) is 0.939. The molecule has 0 spiro atoms. The van der Waals surface area contributed by atoms with Gasteiger partial charge in [0.05, 0.1) is 9.13 Å². The van der Waals surface area contributed by atoms with Crippen LogP contribution in [0.5, 0.6) is 0 Å². The predicted molar refractivity (Wildman–Crippen MR) is 63.4 cm³/mol. The zero-order valence-electron chi connectivity index (χ0n) is 9.02. The average molecular weight is 345 g/mol. The Morgan fingerprint density at radius 1 is 1.25 bits per heavy atom. The van der Waals surface area contributed by atoms with E-state index in [1.807, 2.05) is 0 Å². The van der Waals surface area contributed by atoms with Crippen molar-refractivity contribution in [3.05, 3.63) is 31.8 Å². The van der Waals surface area contributed by atoms with Crippen molar-refractivity contribution in [1.82, 2.24) is 4.57 Å². The van der Waals surface area contributed by atoms with Crippen LogP contribution in [0.25, 0.3) is 0 Å².